The molecule has 0 radical (unpaired) electrons. The topological polar surface area (TPSA) is 97.7 Å². The van der Waals surface area contributed by atoms with E-state index in [0.29, 0.717) is 28.0 Å². The molecule has 29 heavy (non-hydrogen) atoms. The molecule has 0 saturated carbocycles. The average Bonchev–Trinajstić information content (AvgIpc) is 3.35. The van der Waals surface area contributed by atoms with Crippen LogP contribution in [0.25, 0.3) is 22.2 Å². The molecule has 148 valence electrons. The number of H-pyrrole nitrogens is 1. The maximum absolute atomic E-state index is 12.6. The zero-order valence-electron chi connectivity index (χ0n) is 15.6. The molecule has 0 spiro atoms. The minimum Gasteiger partial charge on any atom is -0.381 e. The summed E-state index contributed by atoms with van der Waals surface area (Å²) in [7, 11) is 0. The number of ether oxygens (including phenoxy) is 1. The summed E-state index contributed by atoms with van der Waals surface area (Å²) in [6, 6.07) is 7.54. The Balaban J connectivity index is 1.31. The third kappa shape index (κ3) is 3.56. The van der Waals surface area contributed by atoms with Gasteiger partial charge in [0.1, 0.15) is 11.3 Å². The minimum absolute atomic E-state index is 0.224. The summed E-state index contributed by atoms with van der Waals surface area (Å²) in [5.74, 6) is 0.437. The second-order valence-corrected chi connectivity index (χ2v) is 7.53. The van der Waals surface area contributed by atoms with Crippen LogP contribution in [-0.2, 0) is 11.3 Å². The van der Waals surface area contributed by atoms with Gasteiger partial charge in [0, 0.05) is 30.5 Å². The van der Waals surface area contributed by atoms with Gasteiger partial charge in [-0.3, -0.25) is 4.79 Å². The minimum atomic E-state index is -0.224. The summed E-state index contributed by atoms with van der Waals surface area (Å²) in [6.45, 7) is 1.78. The monoisotopic (exact) mass is 410 g/mol. The summed E-state index contributed by atoms with van der Waals surface area (Å²) in [4.78, 5) is 29.1. The molecule has 5 rings (SSSR count). The molecule has 4 heterocycles. The number of pyridine rings is 1. The lowest BCUT2D eigenvalue weighted by Crippen LogP contribution is -2.23. The largest absolute Gasteiger partial charge is 0.381 e. The van der Waals surface area contributed by atoms with Gasteiger partial charge in [-0.25, -0.2) is 15.0 Å². The molecule has 0 atom stereocenters. The number of rotatable bonds is 4. The van der Waals surface area contributed by atoms with Gasteiger partial charge in [-0.1, -0.05) is 11.6 Å². The zero-order chi connectivity index (χ0) is 19.8. The average molecular weight is 411 g/mol. The Hall–Kier alpha value is -2.97. The van der Waals surface area contributed by atoms with E-state index >= 15 is 0 Å². The molecule has 0 unspecified atom stereocenters. The highest BCUT2D eigenvalue weighted by Gasteiger charge is 2.19. The van der Waals surface area contributed by atoms with Gasteiger partial charge in [-0.2, -0.15) is 0 Å². The molecule has 9 heteroatoms. The quantitative estimate of drug-likeness (QED) is 0.538. The molecule has 8 nitrogen and oxygen atoms in total. The van der Waals surface area contributed by atoms with E-state index in [1.54, 1.807) is 24.7 Å². The van der Waals surface area contributed by atoms with Crippen molar-refractivity contribution in [1.29, 1.82) is 0 Å². The summed E-state index contributed by atoms with van der Waals surface area (Å²) in [6.07, 6.45) is 5.28. The van der Waals surface area contributed by atoms with E-state index in [4.69, 9.17) is 16.3 Å². The molecule has 1 aliphatic heterocycles. The first kappa shape index (κ1) is 18.1. The number of hydrogen-bond acceptors (Lipinski definition) is 5. The number of halogens is 1. The number of benzene rings is 1. The summed E-state index contributed by atoms with van der Waals surface area (Å²) >= 11 is 6.00. The molecule has 2 N–H and O–H groups in total. The maximum Gasteiger partial charge on any atom is 0.253 e. The molecule has 1 aliphatic rings. The van der Waals surface area contributed by atoms with Crippen LogP contribution in [0.5, 0.6) is 0 Å². The third-order valence-corrected chi connectivity index (χ3v) is 5.40. The fraction of sp³-hybridized carbons (Fsp3) is 0.300. The van der Waals surface area contributed by atoms with Crippen molar-refractivity contribution in [2.75, 3.05) is 13.2 Å². The maximum atomic E-state index is 12.6. The highest BCUT2D eigenvalue weighted by atomic mass is 35.5. The Morgan fingerprint density at radius 3 is 2.97 bits per heavy atom. The lowest BCUT2D eigenvalue weighted by atomic mass is 10.1. The third-order valence-electron chi connectivity index (χ3n) is 5.17. The lowest BCUT2D eigenvalue weighted by Gasteiger charge is -2.23. The van der Waals surface area contributed by atoms with Crippen molar-refractivity contribution in [3.8, 4) is 0 Å². The first-order chi connectivity index (χ1) is 14.2. The molecule has 1 saturated heterocycles. The van der Waals surface area contributed by atoms with Crippen molar-refractivity contribution in [1.82, 2.24) is 29.8 Å². The van der Waals surface area contributed by atoms with Gasteiger partial charge < -0.3 is 19.6 Å². The number of aromatic nitrogens is 5. The number of nitrogens with one attached hydrogen (secondary N) is 2. The van der Waals surface area contributed by atoms with Crippen molar-refractivity contribution < 1.29 is 9.53 Å². The Labute approximate surface area is 171 Å². The second-order valence-electron chi connectivity index (χ2n) is 7.09. The predicted molar refractivity (Wildman–Crippen MR) is 109 cm³/mol. The number of aromatic amines is 1. The van der Waals surface area contributed by atoms with Gasteiger partial charge in [0.2, 0.25) is 0 Å². The number of carbonyl (C=O) groups is 1. The summed E-state index contributed by atoms with van der Waals surface area (Å²) in [5, 5.41) is 3.50. The number of fused-ring (bicyclic) bond motifs is 2. The van der Waals surface area contributed by atoms with Crippen LogP contribution >= 0.6 is 11.6 Å². The van der Waals surface area contributed by atoms with Gasteiger partial charge in [0.25, 0.3) is 5.91 Å². The van der Waals surface area contributed by atoms with Crippen LogP contribution in [0.1, 0.15) is 35.1 Å². The normalized spacial score (nSPS) is 15.2. The molecule has 1 aromatic carbocycles. The van der Waals surface area contributed by atoms with Crippen molar-refractivity contribution >= 4 is 39.7 Å². The molecule has 0 bridgehead atoms. The number of hydrogen-bond donors (Lipinski definition) is 2. The fourth-order valence-electron chi connectivity index (χ4n) is 3.66. The SMILES string of the molecule is O=C(NCc1nc2ccc(Cl)cc2[nH]1)c1cnc2c(c1)ncn2C1CCOCC1. The lowest BCUT2D eigenvalue weighted by molar-refractivity contribution is 0.0704. The second kappa shape index (κ2) is 7.46. The molecule has 4 aromatic rings. The predicted octanol–water partition coefficient (Wildman–Crippen LogP) is 3.24. The number of imidazole rings is 2. The first-order valence-corrected chi connectivity index (χ1v) is 9.88. The standard InChI is InChI=1S/C20H19ClN6O2/c21-13-1-2-15-16(8-13)26-18(25-15)10-23-20(28)12-7-17-19(22-9-12)27(11-24-17)14-3-5-29-6-4-14/h1-2,7-9,11,14H,3-6,10H2,(H,23,28)(H,25,26). The highest BCUT2D eigenvalue weighted by molar-refractivity contribution is 6.31. The van der Waals surface area contributed by atoms with Crippen molar-refractivity contribution in [2.45, 2.75) is 25.4 Å². The van der Waals surface area contributed by atoms with E-state index in [2.05, 4.69) is 29.8 Å². The molecular weight excluding hydrogens is 392 g/mol. The van der Waals surface area contributed by atoms with Gasteiger partial charge in [-0.05, 0) is 37.1 Å². The van der Waals surface area contributed by atoms with Gasteiger partial charge >= 0.3 is 0 Å². The van der Waals surface area contributed by atoms with Crippen LogP contribution in [0.4, 0.5) is 0 Å². The number of nitrogens with zero attached hydrogens (tertiary/aromatic N) is 4. The molecule has 1 amide bonds. The smallest absolute Gasteiger partial charge is 0.253 e. The summed E-state index contributed by atoms with van der Waals surface area (Å²) < 4.78 is 7.51. The molecule has 0 aliphatic carbocycles. The molecule has 3 aromatic heterocycles. The number of amides is 1. The van der Waals surface area contributed by atoms with Crippen molar-refractivity contribution in [2.24, 2.45) is 0 Å². The molecular formula is C20H19ClN6O2. The van der Waals surface area contributed by atoms with E-state index in [0.717, 1.165) is 42.7 Å². The van der Waals surface area contributed by atoms with E-state index in [-0.39, 0.29) is 12.5 Å². The zero-order valence-corrected chi connectivity index (χ0v) is 16.3. The molecule has 1 fully saturated rings. The summed E-state index contributed by atoms with van der Waals surface area (Å²) in [5.41, 5.74) is 3.61. The van der Waals surface area contributed by atoms with E-state index in [9.17, 15) is 4.79 Å². The van der Waals surface area contributed by atoms with Crippen LogP contribution in [0.2, 0.25) is 5.02 Å². The Kier molecular flexibility index (Phi) is 4.65. The van der Waals surface area contributed by atoms with Gasteiger partial charge in [0.05, 0.1) is 29.5 Å². The van der Waals surface area contributed by atoms with E-state index in [1.165, 1.54) is 0 Å². The van der Waals surface area contributed by atoms with Crippen LogP contribution < -0.4 is 5.32 Å². The van der Waals surface area contributed by atoms with Gasteiger partial charge in [0.15, 0.2) is 5.65 Å². The van der Waals surface area contributed by atoms with Crippen molar-refractivity contribution in [3.05, 3.63) is 53.2 Å². The van der Waals surface area contributed by atoms with Gasteiger partial charge in [-0.15, -0.1) is 0 Å². The van der Waals surface area contributed by atoms with E-state index in [1.807, 2.05) is 12.1 Å². The van der Waals surface area contributed by atoms with Crippen LogP contribution in [0.15, 0.2) is 36.8 Å². The highest BCUT2D eigenvalue weighted by Crippen LogP contribution is 2.24. The fourth-order valence-corrected chi connectivity index (χ4v) is 3.83. The van der Waals surface area contributed by atoms with Crippen LogP contribution in [0, 0.1) is 0 Å². The Morgan fingerprint density at radius 2 is 2.10 bits per heavy atom. The Morgan fingerprint density at radius 1 is 1.24 bits per heavy atom. The van der Waals surface area contributed by atoms with Crippen LogP contribution in [-0.4, -0.2) is 43.6 Å². The Bertz CT molecular complexity index is 1190. The van der Waals surface area contributed by atoms with Crippen LogP contribution in [0.3, 0.4) is 0 Å². The number of carbonyl (C=O) groups excluding carboxylic acids is 1. The first-order valence-electron chi connectivity index (χ1n) is 9.50. The van der Waals surface area contributed by atoms with E-state index < -0.39 is 0 Å². The van der Waals surface area contributed by atoms with Crippen molar-refractivity contribution in [3.63, 3.8) is 0 Å².